The van der Waals surface area contributed by atoms with Crippen LogP contribution in [0.1, 0.15) is 19.3 Å². The molecule has 0 aromatic carbocycles. The topological polar surface area (TPSA) is 29.0 Å². The van der Waals surface area contributed by atoms with E-state index in [2.05, 4.69) is 37.8 Å². The van der Waals surface area contributed by atoms with Crippen molar-refractivity contribution >= 4 is 21.7 Å². The molecule has 1 aliphatic rings. The van der Waals surface area contributed by atoms with Crippen LogP contribution in [0.4, 0.5) is 5.82 Å². The molecular weight excluding hydrogens is 242 g/mol. The lowest BCUT2D eigenvalue weighted by atomic mass is 9.85. The number of rotatable bonds is 3. The fraction of sp³-hybridized carbons (Fsp3) is 0.600. The summed E-state index contributed by atoms with van der Waals surface area (Å²) in [6.07, 6.45) is 7.51. The summed E-state index contributed by atoms with van der Waals surface area (Å²) in [7, 11) is 2.09. The second-order valence-electron chi connectivity index (χ2n) is 3.87. The van der Waals surface area contributed by atoms with Gasteiger partial charge in [0, 0.05) is 19.8 Å². The smallest absolute Gasteiger partial charge is 0.146 e. The minimum absolute atomic E-state index is 0.863. The van der Waals surface area contributed by atoms with Gasteiger partial charge in [0.05, 0.1) is 4.47 Å². The Morgan fingerprint density at radius 2 is 2.36 bits per heavy atom. The highest BCUT2D eigenvalue weighted by atomic mass is 79.9. The van der Waals surface area contributed by atoms with Crippen LogP contribution in [0.15, 0.2) is 17.0 Å². The number of aromatic nitrogens is 2. The molecule has 0 atom stereocenters. The van der Waals surface area contributed by atoms with Crippen molar-refractivity contribution in [2.75, 3.05) is 18.5 Å². The minimum atomic E-state index is 0.863. The first-order valence-corrected chi connectivity index (χ1v) is 5.73. The van der Waals surface area contributed by atoms with Crippen molar-refractivity contribution in [3.05, 3.63) is 17.0 Å². The quantitative estimate of drug-likeness (QED) is 0.831. The standard InChI is InChI=1S/C10H14BrN3/c1-14(6-8-3-2-4-8)10-9(11)5-12-7-13-10/h5,7-8H,2-4,6H2,1H3. The van der Waals surface area contributed by atoms with Crippen molar-refractivity contribution in [3.63, 3.8) is 0 Å². The van der Waals surface area contributed by atoms with Gasteiger partial charge >= 0.3 is 0 Å². The number of hydrogen-bond acceptors (Lipinski definition) is 3. The average Bonchev–Trinajstić information content (AvgIpc) is 2.12. The molecule has 0 radical (unpaired) electrons. The Morgan fingerprint density at radius 3 is 2.93 bits per heavy atom. The largest absolute Gasteiger partial charge is 0.358 e. The molecule has 0 aliphatic heterocycles. The van der Waals surface area contributed by atoms with E-state index in [1.165, 1.54) is 19.3 Å². The maximum absolute atomic E-state index is 4.26. The molecule has 1 aliphatic carbocycles. The molecule has 76 valence electrons. The number of halogens is 1. The van der Waals surface area contributed by atoms with Crippen LogP contribution in [-0.2, 0) is 0 Å². The van der Waals surface area contributed by atoms with E-state index >= 15 is 0 Å². The Labute approximate surface area is 92.7 Å². The van der Waals surface area contributed by atoms with Crippen molar-refractivity contribution in [2.45, 2.75) is 19.3 Å². The Kier molecular flexibility index (Phi) is 3.01. The number of anilines is 1. The zero-order valence-corrected chi connectivity index (χ0v) is 9.87. The van der Waals surface area contributed by atoms with Gasteiger partial charge in [-0.2, -0.15) is 0 Å². The monoisotopic (exact) mass is 255 g/mol. The SMILES string of the molecule is CN(CC1CCC1)c1ncncc1Br. The third kappa shape index (κ3) is 2.05. The lowest BCUT2D eigenvalue weighted by Gasteiger charge is -2.30. The van der Waals surface area contributed by atoms with Crippen LogP contribution < -0.4 is 4.90 Å². The fourth-order valence-corrected chi connectivity index (χ4v) is 2.26. The summed E-state index contributed by atoms with van der Waals surface area (Å²) in [5.74, 6) is 1.86. The van der Waals surface area contributed by atoms with Crippen molar-refractivity contribution in [2.24, 2.45) is 5.92 Å². The van der Waals surface area contributed by atoms with E-state index in [9.17, 15) is 0 Å². The van der Waals surface area contributed by atoms with Crippen molar-refractivity contribution < 1.29 is 0 Å². The summed E-state index contributed by atoms with van der Waals surface area (Å²) in [5, 5.41) is 0. The van der Waals surface area contributed by atoms with Crippen molar-refractivity contribution in [1.29, 1.82) is 0 Å². The van der Waals surface area contributed by atoms with Gasteiger partial charge in [-0.05, 0) is 34.7 Å². The van der Waals surface area contributed by atoms with Crippen LogP contribution in [0.3, 0.4) is 0 Å². The maximum Gasteiger partial charge on any atom is 0.146 e. The summed E-state index contributed by atoms with van der Waals surface area (Å²) in [6.45, 7) is 1.11. The van der Waals surface area contributed by atoms with Crippen molar-refractivity contribution in [3.8, 4) is 0 Å². The Hall–Kier alpha value is -0.640. The van der Waals surface area contributed by atoms with E-state index < -0.39 is 0 Å². The van der Waals surface area contributed by atoms with Crippen LogP contribution in [0, 0.1) is 5.92 Å². The summed E-state index contributed by atoms with van der Waals surface area (Å²) >= 11 is 3.46. The van der Waals surface area contributed by atoms with Gasteiger partial charge in [-0.3, -0.25) is 0 Å². The molecule has 0 unspecified atom stereocenters. The average molecular weight is 256 g/mol. The van der Waals surface area contributed by atoms with Gasteiger partial charge in [-0.25, -0.2) is 9.97 Å². The maximum atomic E-state index is 4.26. The van der Waals surface area contributed by atoms with Crippen LogP contribution in [0.5, 0.6) is 0 Å². The normalized spacial score (nSPS) is 16.4. The minimum Gasteiger partial charge on any atom is -0.358 e. The highest BCUT2D eigenvalue weighted by molar-refractivity contribution is 9.10. The third-order valence-corrected chi connectivity index (χ3v) is 3.33. The zero-order valence-electron chi connectivity index (χ0n) is 8.28. The van der Waals surface area contributed by atoms with Crippen LogP contribution in [-0.4, -0.2) is 23.6 Å². The van der Waals surface area contributed by atoms with E-state index in [-0.39, 0.29) is 0 Å². The summed E-state index contributed by atoms with van der Waals surface area (Å²) in [4.78, 5) is 10.4. The van der Waals surface area contributed by atoms with Gasteiger partial charge in [0.25, 0.3) is 0 Å². The molecule has 0 saturated heterocycles. The van der Waals surface area contributed by atoms with Gasteiger partial charge in [-0.1, -0.05) is 6.42 Å². The Balaban J connectivity index is 2.02. The lowest BCUT2D eigenvalue weighted by Crippen LogP contribution is -2.30. The predicted octanol–water partition coefficient (Wildman–Crippen LogP) is 2.48. The third-order valence-electron chi connectivity index (χ3n) is 2.77. The number of nitrogens with zero attached hydrogens (tertiary/aromatic N) is 3. The second-order valence-corrected chi connectivity index (χ2v) is 4.73. The molecule has 1 heterocycles. The second kappa shape index (κ2) is 4.26. The van der Waals surface area contributed by atoms with E-state index in [4.69, 9.17) is 0 Å². The first-order valence-electron chi connectivity index (χ1n) is 4.94. The molecule has 4 heteroatoms. The lowest BCUT2D eigenvalue weighted by molar-refractivity contribution is 0.321. The summed E-state index contributed by atoms with van der Waals surface area (Å²) in [6, 6.07) is 0. The molecular formula is C10H14BrN3. The molecule has 0 N–H and O–H groups in total. The van der Waals surface area contributed by atoms with Gasteiger partial charge in [-0.15, -0.1) is 0 Å². The molecule has 0 amide bonds. The van der Waals surface area contributed by atoms with Gasteiger partial charge in [0.2, 0.25) is 0 Å². The van der Waals surface area contributed by atoms with E-state index in [1.54, 1.807) is 12.5 Å². The summed E-state index contributed by atoms with van der Waals surface area (Å²) < 4.78 is 0.974. The first kappa shape index (κ1) is 9.90. The molecule has 1 aromatic rings. The molecule has 14 heavy (non-hydrogen) atoms. The molecule has 1 aromatic heterocycles. The van der Waals surface area contributed by atoms with Gasteiger partial charge < -0.3 is 4.90 Å². The molecule has 1 saturated carbocycles. The zero-order chi connectivity index (χ0) is 9.97. The van der Waals surface area contributed by atoms with Crippen LogP contribution in [0.2, 0.25) is 0 Å². The summed E-state index contributed by atoms with van der Waals surface area (Å²) in [5.41, 5.74) is 0. The van der Waals surface area contributed by atoms with Crippen molar-refractivity contribution in [1.82, 2.24) is 9.97 Å². The molecule has 2 rings (SSSR count). The van der Waals surface area contributed by atoms with Crippen LogP contribution in [0.25, 0.3) is 0 Å². The van der Waals surface area contributed by atoms with Crippen LogP contribution >= 0.6 is 15.9 Å². The fourth-order valence-electron chi connectivity index (χ4n) is 1.74. The molecule has 0 bridgehead atoms. The Bertz CT molecular complexity index is 312. The number of hydrogen-bond donors (Lipinski definition) is 0. The van der Waals surface area contributed by atoms with Gasteiger partial charge in [0.1, 0.15) is 12.1 Å². The van der Waals surface area contributed by atoms with E-state index in [0.717, 1.165) is 22.8 Å². The highest BCUT2D eigenvalue weighted by Crippen LogP contribution is 2.29. The molecule has 1 fully saturated rings. The van der Waals surface area contributed by atoms with E-state index in [1.807, 2.05) is 0 Å². The van der Waals surface area contributed by atoms with Gasteiger partial charge in [0.15, 0.2) is 0 Å². The molecule has 0 spiro atoms. The molecule has 3 nitrogen and oxygen atoms in total. The highest BCUT2D eigenvalue weighted by Gasteiger charge is 2.20. The first-order chi connectivity index (χ1) is 6.77. The predicted molar refractivity (Wildman–Crippen MR) is 60.3 cm³/mol. The van der Waals surface area contributed by atoms with E-state index in [0.29, 0.717) is 0 Å². The Morgan fingerprint density at radius 1 is 1.57 bits per heavy atom.